The lowest BCUT2D eigenvalue weighted by Crippen LogP contribution is -2.24. The van der Waals surface area contributed by atoms with Crippen LogP contribution >= 0.6 is 23.2 Å². The smallest absolute Gasteiger partial charge is 0.261 e. The minimum Gasteiger partial charge on any atom is -0.473 e. The fourth-order valence-corrected chi connectivity index (χ4v) is 4.02. The van der Waals surface area contributed by atoms with Crippen LogP contribution in [0.15, 0.2) is 90.4 Å². The van der Waals surface area contributed by atoms with Crippen LogP contribution in [0.1, 0.15) is 15.9 Å². The van der Waals surface area contributed by atoms with E-state index in [9.17, 15) is 9.59 Å². The zero-order chi connectivity index (χ0) is 25.1. The number of hydrogen-bond donors (Lipinski definition) is 1. The summed E-state index contributed by atoms with van der Waals surface area (Å²) >= 11 is 12.3. The van der Waals surface area contributed by atoms with Crippen molar-refractivity contribution in [2.24, 2.45) is 0 Å². The van der Waals surface area contributed by atoms with Gasteiger partial charge in [0.1, 0.15) is 17.8 Å². The lowest BCUT2D eigenvalue weighted by Gasteiger charge is -2.14. The molecule has 0 aliphatic heterocycles. The summed E-state index contributed by atoms with van der Waals surface area (Å²) in [6.45, 7) is 0.375. The predicted molar refractivity (Wildman–Crippen MR) is 138 cm³/mol. The van der Waals surface area contributed by atoms with E-state index in [4.69, 9.17) is 27.9 Å². The average molecular weight is 518 g/mol. The van der Waals surface area contributed by atoms with Gasteiger partial charge in [-0.15, -0.1) is 0 Å². The van der Waals surface area contributed by atoms with Gasteiger partial charge in [0.2, 0.25) is 11.3 Å². The molecule has 0 aliphatic rings. The third kappa shape index (κ3) is 4.77. The second-order valence-electron chi connectivity index (χ2n) is 7.68. The third-order valence-corrected chi connectivity index (χ3v) is 5.90. The lowest BCUT2D eigenvalue weighted by atomic mass is 10.1. The van der Waals surface area contributed by atoms with Crippen LogP contribution in [0.4, 0.5) is 5.69 Å². The van der Waals surface area contributed by atoms with E-state index in [2.05, 4.69) is 20.3 Å². The molecular weight excluding hydrogens is 501 g/mol. The van der Waals surface area contributed by atoms with E-state index in [0.717, 1.165) is 5.56 Å². The van der Waals surface area contributed by atoms with Gasteiger partial charge in [-0.2, -0.15) is 0 Å². The Kier molecular flexibility index (Phi) is 6.62. The van der Waals surface area contributed by atoms with E-state index in [-0.39, 0.29) is 26.7 Å². The Hall–Kier alpha value is -4.27. The molecule has 0 fully saturated rings. The summed E-state index contributed by atoms with van der Waals surface area (Å²) in [6, 6.07) is 16.5. The number of carbonyl (C=O) groups excluding carboxylic acids is 1. The van der Waals surface area contributed by atoms with Crippen LogP contribution in [0, 0.1) is 0 Å². The summed E-state index contributed by atoms with van der Waals surface area (Å²) in [6.07, 6.45) is 7.26. The van der Waals surface area contributed by atoms with Gasteiger partial charge in [-0.05, 0) is 23.8 Å². The SMILES string of the molecule is O=C(Nc1c(Cl)cncc1Cl)c1cn(-c2ccc(OCc3ccccc3)nc2)c2ncccc2c1=O. The van der Waals surface area contributed by atoms with Gasteiger partial charge in [-0.1, -0.05) is 53.5 Å². The number of ether oxygens (including phenoxy) is 1. The van der Waals surface area contributed by atoms with E-state index < -0.39 is 11.3 Å². The van der Waals surface area contributed by atoms with Gasteiger partial charge < -0.3 is 10.1 Å². The minimum absolute atomic E-state index is 0.121. The van der Waals surface area contributed by atoms with Gasteiger partial charge in [-0.25, -0.2) is 9.97 Å². The number of hydrogen-bond acceptors (Lipinski definition) is 6. The van der Waals surface area contributed by atoms with E-state index in [1.807, 2.05) is 30.3 Å². The number of nitrogens with zero attached hydrogens (tertiary/aromatic N) is 4. The number of halogens is 2. The zero-order valence-corrected chi connectivity index (χ0v) is 20.1. The van der Waals surface area contributed by atoms with Gasteiger partial charge in [0.05, 0.1) is 33.0 Å². The molecular formula is C26H17Cl2N5O3. The summed E-state index contributed by atoms with van der Waals surface area (Å²) in [5, 5.41) is 3.17. The molecule has 0 saturated heterocycles. The molecule has 5 rings (SSSR count). The van der Waals surface area contributed by atoms with Crippen molar-refractivity contribution in [1.82, 2.24) is 19.5 Å². The molecule has 1 aromatic carbocycles. The Morgan fingerprint density at radius 2 is 1.72 bits per heavy atom. The Morgan fingerprint density at radius 3 is 2.44 bits per heavy atom. The number of amides is 1. The third-order valence-electron chi connectivity index (χ3n) is 5.33. The van der Waals surface area contributed by atoms with E-state index in [1.165, 1.54) is 18.6 Å². The summed E-state index contributed by atoms with van der Waals surface area (Å²) in [5.74, 6) is -0.244. The molecule has 4 heterocycles. The molecule has 0 unspecified atom stereocenters. The molecule has 178 valence electrons. The maximum absolute atomic E-state index is 13.2. The molecule has 0 radical (unpaired) electrons. The Labute approximate surface area is 215 Å². The topological polar surface area (TPSA) is 99.0 Å². The first-order valence-corrected chi connectivity index (χ1v) is 11.5. The number of fused-ring (bicyclic) bond motifs is 1. The normalized spacial score (nSPS) is 10.8. The molecule has 0 saturated carbocycles. The van der Waals surface area contributed by atoms with Crippen LogP contribution in [-0.2, 0) is 6.61 Å². The number of anilines is 1. The van der Waals surface area contributed by atoms with Gasteiger partial charge in [0.25, 0.3) is 5.91 Å². The number of nitrogens with one attached hydrogen (secondary N) is 1. The quantitative estimate of drug-likeness (QED) is 0.327. The molecule has 0 spiro atoms. The maximum Gasteiger partial charge on any atom is 0.261 e. The molecule has 1 amide bonds. The molecule has 0 atom stereocenters. The number of carbonyl (C=O) groups is 1. The zero-order valence-electron chi connectivity index (χ0n) is 18.6. The first-order chi connectivity index (χ1) is 17.5. The molecule has 0 aliphatic carbocycles. The lowest BCUT2D eigenvalue weighted by molar-refractivity contribution is 0.102. The molecule has 4 aromatic heterocycles. The molecule has 36 heavy (non-hydrogen) atoms. The number of benzene rings is 1. The molecule has 0 bridgehead atoms. The second-order valence-corrected chi connectivity index (χ2v) is 8.49. The first-order valence-electron chi connectivity index (χ1n) is 10.7. The largest absolute Gasteiger partial charge is 0.473 e. The van der Waals surface area contributed by atoms with Crippen LogP contribution in [-0.4, -0.2) is 25.4 Å². The fourth-order valence-electron chi connectivity index (χ4n) is 3.56. The van der Waals surface area contributed by atoms with Crippen molar-refractivity contribution in [3.05, 3.63) is 117 Å². The molecule has 1 N–H and O–H groups in total. The van der Waals surface area contributed by atoms with Crippen molar-refractivity contribution in [2.45, 2.75) is 6.61 Å². The summed E-state index contributed by atoms with van der Waals surface area (Å²) in [4.78, 5) is 38.9. The van der Waals surface area contributed by atoms with E-state index in [1.54, 1.807) is 41.2 Å². The van der Waals surface area contributed by atoms with Crippen molar-refractivity contribution in [3.63, 3.8) is 0 Å². The Balaban J connectivity index is 1.50. The number of pyridine rings is 4. The van der Waals surface area contributed by atoms with Gasteiger partial charge in [0, 0.05) is 30.9 Å². The average Bonchev–Trinajstić information content (AvgIpc) is 2.91. The highest BCUT2D eigenvalue weighted by Gasteiger charge is 2.19. The highest BCUT2D eigenvalue weighted by Crippen LogP contribution is 2.29. The summed E-state index contributed by atoms with van der Waals surface area (Å²) < 4.78 is 7.38. The monoisotopic (exact) mass is 517 g/mol. The van der Waals surface area contributed by atoms with Crippen LogP contribution in [0.2, 0.25) is 10.0 Å². The number of rotatable bonds is 6. The predicted octanol–water partition coefficient (Wildman–Crippen LogP) is 5.31. The van der Waals surface area contributed by atoms with Crippen LogP contribution in [0.25, 0.3) is 16.7 Å². The highest BCUT2D eigenvalue weighted by molar-refractivity contribution is 6.39. The molecule has 8 nitrogen and oxygen atoms in total. The van der Waals surface area contributed by atoms with Crippen LogP contribution < -0.4 is 15.5 Å². The summed E-state index contributed by atoms with van der Waals surface area (Å²) in [5.41, 5.74) is 1.53. The van der Waals surface area contributed by atoms with E-state index in [0.29, 0.717) is 23.8 Å². The van der Waals surface area contributed by atoms with Crippen LogP contribution in [0.5, 0.6) is 5.88 Å². The van der Waals surface area contributed by atoms with Gasteiger partial charge in [-0.3, -0.25) is 19.1 Å². The van der Waals surface area contributed by atoms with Crippen molar-refractivity contribution < 1.29 is 9.53 Å². The Bertz CT molecular complexity index is 1600. The Morgan fingerprint density at radius 1 is 0.944 bits per heavy atom. The van der Waals surface area contributed by atoms with Crippen molar-refractivity contribution in [1.29, 1.82) is 0 Å². The van der Waals surface area contributed by atoms with Gasteiger partial charge in [0.15, 0.2) is 0 Å². The van der Waals surface area contributed by atoms with Crippen molar-refractivity contribution in [3.8, 4) is 11.6 Å². The fraction of sp³-hybridized carbons (Fsp3) is 0.0385. The van der Waals surface area contributed by atoms with Crippen molar-refractivity contribution >= 4 is 45.8 Å². The minimum atomic E-state index is -0.676. The van der Waals surface area contributed by atoms with E-state index >= 15 is 0 Å². The van der Waals surface area contributed by atoms with Crippen molar-refractivity contribution in [2.75, 3.05) is 5.32 Å². The molecule has 10 heteroatoms. The standard InChI is InChI=1S/C26H17Cl2N5O3/c27-20-12-29-13-21(28)23(20)32-26(35)19-14-33(25-18(24(19)34)7-4-10-30-25)17-8-9-22(31-11-17)36-15-16-5-2-1-3-6-16/h1-14H,15H2,(H,29,32,35). The highest BCUT2D eigenvalue weighted by atomic mass is 35.5. The summed E-state index contributed by atoms with van der Waals surface area (Å²) in [7, 11) is 0. The van der Waals surface area contributed by atoms with Crippen LogP contribution in [0.3, 0.4) is 0 Å². The molecule has 5 aromatic rings. The second kappa shape index (κ2) is 10.2. The first kappa shape index (κ1) is 23.5. The van der Waals surface area contributed by atoms with Gasteiger partial charge >= 0.3 is 0 Å². The number of aromatic nitrogens is 4. The maximum atomic E-state index is 13.2.